The first-order valence-electron chi connectivity index (χ1n) is 8.74. The maximum Gasteiger partial charge on any atom is 0.150 e. The van der Waals surface area contributed by atoms with Crippen molar-refractivity contribution in [2.75, 3.05) is 7.11 Å². The quantitative estimate of drug-likeness (QED) is 0.421. The van der Waals surface area contributed by atoms with Crippen LogP contribution in [0.15, 0.2) is 95.4 Å². The Labute approximate surface area is 159 Å². The van der Waals surface area contributed by atoms with Gasteiger partial charge in [0.05, 0.1) is 12.7 Å². The Kier molecular flexibility index (Phi) is 4.76. The van der Waals surface area contributed by atoms with Gasteiger partial charge >= 0.3 is 0 Å². The molecule has 0 saturated heterocycles. The van der Waals surface area contributed by atoms with E-state index >= 15 is 0 Å². The number of ether oxygens (including phenoxy) is 1. The largest absolute Gasteiger partial charge is 0.497 e. The fraction of sp³-hybridized carbons (Fsp3) is 0.0400. The standard InChI is InChI=1S/C25H18O2/c1-26-23-16-13-19(14-17-23)12-15-22-18-24(20-8-4-2-5-9-20)27-25(22)21-10-6-3-7-11-21/h2-11,13-14,16-18H,1H3. The molecule has 0 saturated carbocycles. The van der Waals surface area contributed by atoms with Crippen molar-refractivity contribution in [2.45, 2.75) is 0 Å². The van der Waals surface area contributed by atoms with E-state index in [1.165, 1.54) is 0 Å². The summed E-state index contributed by atoms with van der Waals surface area (Å²) in [5.74, 6) is 8.91. The van der Waals surface area contributed by atoms with Crippen LogP contribution in [0, 0.1) is 11.8 Å². The van der Waals surface area contributed by atoms with Crippen molar-refractivity contribution < 1.29 is 9.15 Å². The van der Waals surface area contributed by atoms with E-state index in [-0.39, 0.29) is 0 Å². The van der Waals surface area contributed by atoms with Crippen LogP contribution < -0.4 is 4.74 Å². The van der Waals surface area contributed by atoms with E-state index in [0.717, 1.165) is 39.5 Å². The zero-order valence-corrected chi connectivity index (χ0v) is 15.0. The van der Waals surface area contributed by atoms with E-state index in [0.29, 0.717) is 0 Å². The number of benzene rings is 3. The summed E-state index contributed by atoms with van der Waals surface area (Å²) in [6.07, 6.45) is 0. The van der Waals surface area contributed by atoms with Gasteiger partial charge in [0.2, 0.25) is 0 Å². The molecule has 0 aliphatic carbocycles. The highest BCUT2D eigenvalue weighted by atomic mass is 16.5. The zero-order valence-electron chi connectivity index (χ0n) is 15.0. The summed E-state index contributed by atoms with van der Waals surface area (Å²) in [6, 6.07) is 29.9. The Morgan fingerprint density at radius 1 is 0.704 bits per heavy atom. The van der Waals surface area contributed by atoms with E-state index < -0.39 is 0 Å². The van der Waals surface area contributed by atoms with Crippen LogP contribution in [0.5, 0.6) is 5.75 Å². The molecule has 4 aromatic rings. The predicted molar refractivity (Wildman–Crippen MR) is 109 cm³/mol. The van der Waals surface area contributed by atoms with Gasteiger partial charge in [-0.3, -0.25) is 0 Å². The van der Waals surface area contributed by atoms with Gasteiger partial charge in [-0.2, -0.15) is 0 Å². The molecule has 0 aliphatic heterocycles. The molecule has 0 aliphatic rings. The Bertz CT molecular complexity index is 1080. The number of methoxy groups -OCH3 is 1. The maximum atomic E-state index is 6.19. The summed E-state index contributed by atoms with van der Waals surface area (Å²) in [5.41, 5.74) is 3.85. The van der Waals surface area contributed by atoms with Crippen molar-refractivity contribution in [2.24, 2.45) is 0 Å². The topological polar surface area (TPSA) is 22.4 Å². The van der Waals surface area contributed by atoms with Gasteiger partial charge in [0, 0.05) is 22.8 Å². The van der Waals surface area contributed by atoms with Crippen LogP contribution in [-0.4, -0.2) is 7.11 Å². The number of hydrogen-bond acceptors (Lipinski definition) is 2. The number of furan rings is 1. The molecular formula is C25H18O2. The molecule has 0 fully saturated rings. The highest BCUT2D eigenvalue weighted by Gasteiger charge is 2.12. The van der Waals surface area contributed by atoms with Crippen LogP contribution in [0.4, 0.5) is 0 Å². The zero-order chi connectivity index (χ0) is 18.5. The Morgan fingerprint density at radius 2 is 1.33 bits per heavy atom. The van der Waals surface area contributed by atoms with Crippen LogP contribution >= 0.6 is 0 Å². The molecule has 0 atom stereocenters. The fourth-order valence-electron chi connectivity index (χ4n) is 2.85. The molecule has 130 valence electrons. The lowest BCUT2D eigenvalue weighted by Gasteiger charge is -1.99. The average molecular weight is 350 g/mol. The lowest BCUT2D eigenvalue weighted by Crippen LogP contribution is -1.82. The minimum atomic E-state index is 0.787. The smallest absolute Gasteiger partial charge is 0.150 e. The fourth-order valence-corrected chi connectivity index (χ4v) is 2.85. The van der Waals surface area contributed by atoms with Gasteiger partial charge in [-0.1, -0.05) is 72.5 Å². The summed E-state index contributed by atoms with van der Waals surface area (Å²) in [4.78, 5) is 0. The Balaban J connectivity index is 1.76. The van der Waals surface area contributed by atoms with Crippen molar-refractivity contribution >= 4 is 0 Å². The molecular weight excluding hydrogens is 332 g/mol. The van der Waals surface area contributed by atoms with E-state index in [9.17, 15) is 0 Å². The first-order chi connectivity index (χ1) is 13.3. The van der Waals surface area contributed by atoms with Crippen LogP contribution in [-0.2, 0) is 0 Å². The van der Waals surface area contributed by atoms with Gasteiger partial charge in [-0.25, -0.2) is 0 Å². The predicted octanol–water partition coefficient (Wildman–Crippen LogP) is 6.02. The highest BCUT2D eigenvalue weighted by Crippen LogP contribution is 2.32. The molecule has 1 heterocycles. The molecule has 0 amide bonds. The molecule has 0 N–H and O–H groups in total. The molecule has 2 heteroatoms. The number of hydrogen-bond donors (Lipinski definition) is 0. The Morgan fingerprint density at radius 3 is 1.96 bits per heavy atom. The third kappa shape index (κ3) is 3.78. The monoisotopic (exact) mass is 350 g/mol. The SMILES string of the molecule is COc1ccc(C#Cc2cc(-c3ccccc3)oc2-c2ccccc2)cc1. The molecule has 0 radical (unpaired) electrons. The second-order valence-corrected chi connectivity index (χ2v) is 6.06. The highest BCUT2D eigenvalue weighted by molar-refractivity contribution is 5.72. The third-order valence-electron chi connectivity index (χ3n) is 4.26. The molecule has 4 rings (SSSR count). The second kappa shape index (κ2) is 7.68. The minimum Gasteiger partial charge on any atom is -0.497 e. The van der Waals surface area contributed by atoms with Crippen molar-refractivity contribution in [3.05, 3.63) is 102 Å². The summed E-state index contributed by atoms with van der Waals surface area (Å²) in [7, 11) is 1.66. The molecule has 27 heavy (non-hydrogen) atoms. The van der Waals surface area contributed by atoms with Crippen LogP contribution in [0.1, 0.15) is 11.1 Å². The van der Waals surface area contributed by atoms with Crippen LogP contribution in [0.3, 0.4) is 0 Å². The number of rotatable bonds is 3. The molecule has 0 spiro atoms. The van der Waals surface area contributed by atoms with Crippen LogP contribution in [0.2, 0.25) is 0 Å². The summed E-state index contributed by atoms with van der Waals surface area (Å²) in [5, 5.41) is 0. The summed E-state index contributed by atoms with van der Waals surface area (Å²) in [6.45, 7) is 0. The van der Waals surface area contributed by atoms with Gasteiger partial charge in [0.25, 0.3) is 0 Å². The molecule has 2 nitrogen and oxygen atoms in total. The third-order valence-corrected chi connectivity index (χ3v) is 4.26. The van der Waals surface area contributed by atoms with Gasteiger partial charge in [-0.05, 0) is 24.3 Å². The molecule has 3 aromatic carbocycles. The van der Waals surface area contributed by atoms with Gasteiger partial charge in [0.15, 0.2) is 0 Å². The van der Waals surface area contributed by atoms with Crippen molar-refractivity contribution in [3.8, 4) is 40.2 Å². The average Bonchev–Trinajstić information content (AvgIpc) is 3.18. The lowest BCUT2D eigenvalue weighted by atomic mass is 10.1. The first-order valence-corrected chi connectivity index (χ1v) is 8.74. The van der Waals surface area contributed by atoms with Gasteiger partial charge in [0.1, 0.15) is 17.3 Å². The van der Waals surface area contributed by atoms with Crippen LogP contribution in [0.25, 0.3) is 22.6 Å². The van der Waals surface area contributed by atoms with Gasteiger partial charge < -0.3 is 9.15 Å². The summed E-state index contributed by atoms with van der Waals surface area (Å²) >= 11 is 0. The minimum absolute atomic E-state index is 0.787. The lowest BCUT2D eigenvalue weighted by molar-refractivity contribution is 0.415. The van der Waals surface area contributed by atoms with Crippen molar-refractivity contribution in [1.29, 1.82) is 0 Å². The van der Waals surface area contributed by atoms with E-state index in [4.69, 9.17) is 9.15 Å². The van der Waals surface area contributed by atoms with Gasteiger partial charge in [-0.15, -0.1) is 0 Å². The Hall–Kier alpha value is -3.70. The maximum absolute atomic E-state index is 6.19. The van der Waals surface area contributed by atoms with Crippen molar-refractivity contribution in [1.82, 2.24) is 0 Å². The molecule has 1 aromatic heterocycles. The second-order valence-electron chi connectivity index (χ2n) is 6.06. The van der Waals surface area contributed by atoms with E-state index in [1.807, 2.05) is 91.0 Å². The summed E-state index contributed by atoms with van der Waals surface area (Å²) < 4.78 is 11.4. The molecule has 0 unspecified atom stereocenters. The van der Waals surface area contributed by atoms with E-state index in [2.05, 4.69) is 11.8 Å². The normalized spacial score (nSPS) is 10.1. The first kappa shape index (κ1) is 16.8. The molecule has 0 bridgehead atoms. The van der Waals surface area contributed by atoms with Crippen molar-refractivity contribution in [3.63, 3.8) is 0 Å². The van der Waals surface area contributed by atoms with E-state index in [1.54, 1.807) is 7.11 Å².